The number of rotatable bonds is 6. The Morgan fingerprint density at radius 3 is 2.35 bits per heavy atom. The van der Waals surface area contributed by atoms with Gasteiger partial charge in [0.05, 0.1) is 6.42 Å². The minimum absolute atomic E-state index is 0.0675. The maximum absolute atomic E-state index is 11.7. The molecule has 1 fully saturated rings. The number of hydrogen-bond acceptors (Lipinski definition) is 3. The van der Waals surface area contributed by atoms with Crippen molar-refractivity contribution in [2.45, 2.75) is 51.5 Å². The number of aliphatic carboxylic acids is 1. The number of hydrogen-bond donors (Lipinski definition) is 4. The zero-order valence-corrected chi connectivity index (χ0v) is 11.8. The monoisotopic (exact) mass is 285 g/mol. The second-order valence-electron chi connectivity index (χ2n) is 5.76. The fraction of sp³-hybridized carbons (Fsp3) is 0.769. The fourth-order valence-electron chi connectivity index (χ4n) is 2.49. The molecule has 114 valence electrons. The van der Waals surface area contributed by atoms with Crippen LogP contribution in [0, 0.1) is 5.41 Å². The summed E-state index contributed by atoms with van der Waals surface area (Å²) < 4.78 is 0. The van der Waals surface area contributed by atoms with Gasteiger partial charge in [0.25, 0.3) is 0 Å². The van der Waals surface area contributed by atoms with Gasteiger partial charge in [-0.15, -0.1) is 0 Å². The Labute approximate surface area is 118 Å². The van der Waals surface area contributed by atoms with E-state index in [0.717, 1.165) is 25.7 Å². The second kappa shape index (κ2) is 7.12. The predicted octanol–water partition coefficient (Wildman–Crippen LogP) is 0.585. The van der Waals surface area contributed by atoms with Gasteiger partial charge in [0.1, 0.15) is 6.04 Å². The first-order valence-corrected chi connectivity index (χ1v) is 6.88. The van der Waals surface area contributed by atoms with Gasteiger partial charge in [-0.25, -0.2) is 9.59 Å². The molecular weight excluding hydrogens is 262 g/mol. The Morgan fingerprint density at radius 1 is 1.25 bits per heavy atom. The number of carboxylic acids is 1. The van der Waals surface area contributed by atoms with E-state index in [2.05, 4.69) is 17.6 Å². The minimum atomic E-state index is -1.29. The normalized spacial score (nSPS) is 18.9. The molecule has 0 aliphatic heterocycles. The molecule has 0 heterocycles. The van der Waals surface area contributed by atoms with Crippen LogP contribution in [0.15, 0.2) is 0 Å². The van der Waals surface area contributed by atoms with Crippen LogP contribution in [-0.4, -0.2) is 35.6 Å². The number of urea groups is 1. The summed E-state index contributed by atoms with van der Waals surface area (Å²) in [6.07, 6.45) is 5.22. The zero-order chi connectivity index (χ0) is 15.2. The number of carboxylic acid groups (broad SMARTS) is 1. The van der Waals surface area contributed by atoms with Gasteiger partial charge in [-0.05, 0) is 18.3 Å². The van der Waals surface area contributed by atoms with Crippen molar-refractivity contribution in [3.8, 4) is 0 Å². The molecule has 0 spiro atoms. The first-order valence-electron chi connectivity index (χ1n) is 6.88. The molecule has 1 atom stereocenters. The van der Waals surface area contributed by atoms with E-state index in [9.17, 15) is 14.4 Å². The van der Waals surface area contributed by atoms with Crippen molar-refractivity contribution in [3.05, 3.63) is 0 Å². The summed E-state index contributed by atoms with van der Waals surface area (Å²) in [6.45, 7) is 2.62. The van der Waals surface area contributed by atoms with E-state index in [1.54, 1.807) is 0 Å². The summed E-state index contributed by atoms with van der Waals surface area (Å²) >= 11 is 0. The molecule has 0 aromatic rings. The number of carbonyl (C=O) groups excluding carboxylic acids is 2. The molecule has 20 heavy (non-hydrogen) atoms. The lowest BCUT2D eigenvalue weighted by atomic mass is 9.76. The second-order valence-corrected chi connectivity index (χ2v) is 5.76. The van der Waals surface area contributed by atoms with E-state index < -0.39 is 30.4 Å². The molecular formula is C13H23N3O4. The van der Waals surface area contributed by atoms with Crippen LogP contribution in [0.1, 0.15) is 45.4 Å². The molecule has 3 amide bonds. The SMILES string of the molecule is CC1(CNC(=O)N[C@H](CC(N)=O)C(=O)O)CCCCC1. The smallest absolute Gasteiger partial charge is 0.326 e. The van der Waals surface area contributed by atoms with Gasteiger partial charge in [-0.3, -0.25) is 4.79 Å². The molecule has 0 radical (unpaired) electrons. The van der Waals surface area contributed by atoms with Gasteiger partial charge in [-0.1, -0.05) is 26.2 Å². The van der Waals surface area contributed by atoms with E-state index in [1.165, 1.54) is 6.42 Å². The van der Waals surface area contributed by atoms with Crippen LogP contribution in [0.4, 0.5) is 4.79 Å². The van der Waals surface area contributed by atoms with Crippen molar-refractivity contribution in [2.24, 2.45) is 11.1 Å². The van der Waals surface area contributed by atoms with E-state index in [4.69, 9.17) is 10.8 Å². The number of carbonyl (C=O) groups is 3. The Morgan fingerprint density at radius 2 is 1.85 bits per heavy atom. The topological polar surface area (TPSA) is 122 Å². The van der Waals surface area contributed by atoms with Gasteiger partial charge in [-0.2, -0.15) is 0 Å². The van der Waals surface area contributed by atoms with Crippen LogP contribution in [-0.2, 0) is 9.59 Å². The highest BCUT2D eigenvalue weighted by atomic mass is 16.4. The zero-order valence-electron chi connectivity index (χ0n) is 11.8. The highest BCUT2D eigenvalue weighted by Crippen LogP contribution is 2.34. The van der Waals surface area contributed by atoms with Gasteiger partial charge < -0.3 is 21.5 Å². The van der Waals surface area contributed by atoms with Crippen molar-refractivity contribution < 1.29 is 19.5 Å². The summed E-state index contributed by atoms with van der Waals surface area (Å²) in [6, 6.07) is -1.86. The largest absolute Gasteiger partial charge is 0.480 e. The molecule has 5 N–H and O–H groups in total. The highest BCUT2D eigenvalue weighted by Gasteiger charge is 2.28. The van der Waals surface area contributed by atoms with Gasteiger partial charge in [0.2, 0.25) is 5.91 Å². The first-order chi connectivity index (χ1) is 9.32. The molecule has 1 saturated carbocycles. The molecule has 1 rings (SSSR count). The lowest BCUT2D eigenvalue weighted by molar-refractivity contribution is -0.140. The summed E-state index contributed by atoms with van der Waals surface area (Å²) in [5.74, 6) is -2.04. The summed E-state index contributed by atoms with van der Waals surface area (Å²) in [5, 5.41) is 13.8. The van der Waals surface area contributed by atoms with Gasteiger partial charge >= 0.3 is 12.0 Å². The molecule has 0 aromatic heterocycles. The lowest BCUT2D eigenvalue weighted by Crippen LogP contribution is -2.49. The van der Waals surface area contributed by atoms with Crippen LogP contribution in [0.5, 0.6) is 0 Å². The first kappa shape index (κ1) is 16.3. The number of nitrogens with one attached hydrogen (secondary N) is 2. The third kappa shape index (κ3) is 5.46. The van der Waals surface area contributed by atoms with Crippen molar-refractivity contribution in [1.82, 2.24) is 10.6 Å². The van der Waals surface area contributed by atoms with E-state index >= 15 is 0 Å². The number of nitrogens with two attached hydrogens (primary N) is 1. The average Bonchev–Trinajstić information content (AvgIpc) is 2.36. The van der Waals surface area contributed by atoms with Crippen LogP contribution < -0.4 is 16.4 Å². The molecule has 0 aromatic carbocycles. The molecule has 0 unspecified atom stereocenters. The van der Waals surface area contributed by atoms with Crippen molar-refractivity contribution in [2.75, 3.05) is 6.54 Å². The van der Waals surface area contributed by atoms with Crippen molar-refractivity contribution in [3.63, 3.8) is 0 Å². The molecule has 0 saturated heterocycles. The minimum Gasteiger partial charge on any atom is -0.480 e. The molecule has 1 aliphatic rings. The van der Waals surface area contributed by atoms with Crippen molar-refractivity contribution in [1.29, 1.82) is 0 Å². The standard InChI is InChI=1S/C13H23N3O4/c1-13(5-3-2-4-6-13)8-15-12(20)16-9(11(18)19)7-10(14)17/h9H,2-8H2,1H3,(H2,14,17)(H,18,19)(H2,15,16,20)/t9-/m1/s1. The number of primary amides is 1. The maximum atomic E-state index is 11.7. The Balaban J connectivity index is 2.41. The fourth-order valence-corrected chi connectivity index (χ4v) is 2.49. The Kier molecular flexibility index (Phi) is 5.79. The Bertz CT molecular complexity index is 378. The van der Waals surface area contributed by atoms with Gasteiger partial charge in [0.15, 0.2) is 0 Å². The summed E-state index contributed by atoms with van der Waals surface area (Å²) in [5.41, 5.74) is 5.01. The van der Waals surface area contributed by atoms with E-state index in [0.29, 0.717) is 6.54 Å². The van der Waals surface area contributed by atoms with E-state index in [-0.39, 0.29) is 5.41 Å². The third-order valence-corrected chi connectivity index (χ3v) is 3.75. The molecule has 7 nitrogen and oxygen atoms in total. The van der Waals surface area contributed by atoms with E-state index in [1.807, 2.05) is 0 Å². The predicted molar refractivity (Wildman–Crippen MR) is 73.0 cm³/mol. The molecule has 7 heteroatoms. The highest BCUT2D eigenvalue weighted by molar-refractivity contribution is 5.87. The molecule has 0 bridgehead atoms. The van der Waals surface area contributed by atoms with Crippen molar-refractivity contribution >= 4 is 17.9 Å². The maximum Gasteiger partial charge on any atom is 0.326 e. The molecule has 1 aliphatic carbocycles. The summed E-state index contributed by atoms with van der Waals surface area (Å²) in [4.78, 5) is 33.3. The Hall–Kier alpha value is -1.79. The van der Waals surface area contributed by atoms with Crippen LogP contribution in [0.25, 0.3) is 0 Å². The third-order valence-electron chi connectivity index (χ3n) is 3.75. The lowest BCUT2D eigenvalue weighted by Gasteiger charge is -2.33. The van der Waals surface area contributed by atoms with Crippen LogP contribution >= 0.6 is 0 Å². The quantitative estimate of drug-likeness (QED) is 0.570. The van der Waals surface area contributed by atoms with Crippen LogP contribution in [0.2, 0.25) is 0 Å². The number of amides is 3. The van der Waals surface area contributed by atoms with Crippen LogP contribution in [0.3, 0.4) is 0 Å². The van der Waals surface area contributed by atoms with Gasteiger partial charge in [0, 0.05) is 6.54 Å². The average molecular weight is 285 g/mol. The summed E-state index contributed by atoms with van der Waals surface area (Å²) in [7, 11) is 0.